The number of hydrogen-bond donors (Lipinski definition) is 1. The van der Waals surface area contributed by atoms with Crippen molar-refractivity contribution in [2.24, 2.45) is 5.73 Å². The van der Waals surface area contributed by atoms with Crippen molar-refractivity contribution in [1.82, 2.24) is 0 Å². The zero-order chi connectivity index (χ0) is 12.8. The van der Waals surface area contributed by atoms with Gasteiger partial charge in [-0.15, -0.1) is 0 Å². The molecule has 0 spiro atoms. The van der Waals surface area contributed by atoms with Crippen LogP contribution in [0.4, 0.5) is 0 Å². The van der Waals surface area contributed by atoms with E-state index in [1.54, 1.807) is 0 Å². The zero-order valence-electron chi connectivity index (χ0n) is 11.8. The first-order valence-electron chi connectivity index (χ1n) is 7.69. The van der Waals surface area contributed by atoms with Crippen LogP contribution in [0.5, 0.6) is 0 Å². The maximum atomic E-state index is 6.41. The molecule has 106 valence electrons. The van der Waals surface area contributed by atoms with E-state index < -0.39 is 0 Å². The summed E-state index contributed by atoms with van der Waals surface area (Å²) in [5, 5.41) is 0. The Balaban J connectivity index is 1.72. The van der Waals surface area contributed by atoms with E-state index in [9.17, 15) is 0 Å². The van der Waals surface area contributed by atoms with Crippen molar-refractivity contribution >= 4 is 0 Å². The fraction of sp³-hybridized carbons (Fsp3) is 1.00. The molecule has 2 aliphatic rings. The summed E-state index contributed by atoms with van der Waals surface area (Å²) in [6.45, 7) is 0.957. The van der Waals surface area contributed by atoms with Gasteiger partial charge >= 0.3 is 0 Å². The summed E-state index contributed by atoms with van der Waals surface area (Å²) in [6, 6.07) is 0.198. The van der Waals surface area contributed by atoms with Crippen LogP contribution in [-0.2, 0) is 9.47 Å². The molecule has 3 heteroatoms. The molecular weight excluding hydrogens is 226 g/mol. The first kappa shape index (κ1) is 14.3. The minimum absolute atomic E-state index is 0.0330. The Morgan fingerprint density at radius 1 is 1.28 bits per heavy atom. The van der Waals surface area contributed by atoms with Gasteiger partial charge in [-0.25, -0.2) is 0 Å². The second kappa shape index (κ2) is 6.88. The van der Waals surface area contributed by atoms with Gasteiger partial charge in [0, 0.05) is 19.8 Å². The Morgan fingerprint density at radius 2 is 2.06 bits per heavy atom. The van der Waals surface area contributed by atoms with Gasteiger partial charge in [0.25, 0.3) is 0 Å². The third-order valence-electron chi connectivity index (χ3n) is 4.85. The van der Waals surface area contributed by atoms with Crippen LogP contribution in [0.25, 0.3) is 0 Å². The number of rotatable bonds is 6. The standard InChI is InChI=1S/C15H29NO2/c1-17-15(10-3-2-4-11-15)14(16)9-5-7-13-8-6-12-18-13/h13-14H,2-12,16H2,1H3. The molecule has 18 heavy (non-hydrogen) atoms. The van der Waals surface area contributed by atoms with Crippen molar-refractivity contribution in [3.05, 3.63) is 0 Å². The van der Waals surface area contributed by atoms with Crippen molar-refractivity contribution < 1.29 is 9.47 Å². The molecule has 0 bridgehead atoms. The van der Waals surface area contributed by atoms with Crippen molar-refractivity contribution in [3.63, 3.8) is 0 Å². The third-order valence-corrected chi connectivity index (χ3v) is 4.85. The Kier molecular flexibility index (Phi) is 5.46. The molecule has 1 aliphatic heterocycles. The van der Waals surface area contributed by atoms with E-state index in [1.165, 1.54) is 44.9 Å². The van der Waals surface area contributed by atoms with E-state index in [4.69, 9.17) is 15.2 Å². The van der Waals surface area contributed by atoms with Crippen molar-refractivity contribution in [2.45, 2.75) is 82.0 Å². The van der Waals surface area contributed by atoms with E-state index in [2.05, 4.69) is 0 Å². The van der Waals surface area contributed by atoms with Gasteiger partial charge in [-0.2, -0.15) is 0 Å². The zero-order valence-corrected chi connectivity index (χ0v) is 11.8. The molecule has 1 heterocycles. The lowest BCUT2D eigenvalue weighted by molar-refractivity contribution is -0.0610. The summed E-state index contributed by atoms with van der Waals surface area (Å²) in [6.07, 6.45) is 12.6. The third kappa shape index (κ3) is 3.46. The smallest absolute Gasteiger partial charge is 0.0828 e. The van der Waals surface area contributed by atoms with Crippen LogP contribution in [0.3, 0.4) is 0 Å². The number of hydrogen-bond acceptors (Lipinski definition) is 3. The van der Waals surface area contributed by atoms with Crippen LogP contribution in [-0.4, -0.2) is 31.5 Å². The molecule has 0 radical (unpaired) electrons. The molecule has 1 saturated carbocycles. The number of nitrogens with two attached hydrogens (primary N) is 1. The van der Waals surface area contributed by atoms with Crippen LogP contribution in [0, 0.1) is 0 Å². The molecule has 2 N–H and O–H groups in total. The van der Waals surface area contributed by atoms with Crippen molar-refractivity contribution in [3.8, 4) is 0 Å². The average Bonchev–Trinajstić information content (AvgIpc) is 2.92. The van der Waals surface area contributed by atoms with Crippen LogP contribution < -0.4 is 5.73 Å². The summed E-state index contributed by atoms with van der Waals surface area (Å²) >= 11 is 0. The maximum absolute atomic E-state index is 6.41. The fourth-order valence-corrected chi connectivity index (χ4v) is 3.58. The van der Waals surface area contributed by atoms with Crippen LogP contribution in [0.2, 0.25) is 0 Å². The van der Waals surface area contributed by atoms with Gasteiger partial charge in [-0.1, -0.05) is 19.3 Å². The van der Waals surface area contributed by atoms with Gasteiger partial charge in [0.2, 0.25) is 0 Å². The Labute approximate surface area is 111 Å². The van der Waals surface area contributed by atoms with Crippen LogP contribution in [0.15, 0.2) is 0 Å². The molecule has 0 aromatic heterocycles. The highest BCUT2D eigenvalue weighted by Gasteiger charge is 2.37. The Hall–Kier alpha value is -0.120. The highest BCUT2D eigenvalue weighted by molar-refractivity contribution is 4.93. The largest absolute Gasteiger partial charge is 0.378 e. The summed E-state index contributed by atoms with van der Waals surface area (Å²) < 4.78 is 11.5. The molecule has 3 nitrogen and oxygen atoms in total. The van der Waals surface area contributed by atoms with Crippen molar-refractivity contribution in [1.29, 1.82) is 0 Å². The molecule has 2 rings (SSSR count). The summed E-state index contributed by atoms with van der Waals surface area (Å²) in [5.41, 5.74) is 6.38. The number of methoxy groups -OCH3 is 1. The molecule has 2 atom stereocenters. The lowest BCUT2D eigenvalue weighted by Crippen LogP contribution is -2.50. The predicted molar refractivity (Wildman–Crippen MR) is 73.6 cm³/mol. The summed E-state index contributed by atoms with van der Waals surface area (Å²) in [4.78, 5) is 0. The normalized spacial score (nSPS) is 29.3. The van der Waals surface area contributed by atoms with E-state index in [1.807, 2.05) is 7.11 Å². The molecule has 1 saturated heterocycles. The second-order valence-electron chi connectivity index (χ2n) is 6.00. The number of ether oxygens (including phenoxy) is 2. The predicted octanol–water partition coefficient (Wildman–Crippen LogP) is 3.01. The summed E-state index contributed by atoms with van der Waals surface area (Å²) in [7, 11) is 1.84. The first-order chi connectivity index (χ1) is 8.77. The fourth-order valence-electron chi connectivity index (χ4n) is 3.58. The van der Waals surface area contributed by atoms with Gasteiger partial charge in [-0.05, 0) is 44.9 Å². The Bertz CT molecular complexity index is 233. The molecule has 0 aromatic carbocycles. The van der Waals surface area contributed by atoms with E-state index in [-0.39, 0.29) is 11.6 Å². The van der Waals surface area contributed by atoms with E-state index in [0.29, 0.717) is 6.10 Å². The van der Waals surface area contributed by atoms with Crippen LogP contribution >= 0.6 is 0 Å². The van der Waals surface area contributed by atoms with Gasteiger partial charge in [0.15, 0.2) is 0 Å². The minimum atomic E-state index is -0.0330. The lowest BCUT2D eigenvalue weighted by Gasteiger charge is -2.41. The highest BCUT2D eigenvalue weighted by Crippen LogP contribution is 2.35. The first-order valence-corrected chi connectivity index (χ1v) is 7.69. The van der Waals surface area contributed by atoms with Gasteiger partial charge in [-0.3, -0.25) is 0 Å². The Morgan fingerprint density at radius 3 is 2.67 bits per heavy atom. The van der Waals surface area contributed by atoms with Gasteiger partial charge < -0.3 is 15.2 Å². The highest BCUT2D eigenvalue weighted by atomic mass is 16.5. The van der Waals surface area contributed by atoms with Crippen LogP contribution in [0.1, 0.15) is 64.2 Å². The minimum Gasteiger partial charge on any atom is -0.378 e. The second-order valence-corrected chi connectivity index (χ2v) is 6.00. The molecule has 1 aliphatic carbocycles. The molecule has 0 amide bonds. The molecule has 2 fully saturated rings. The summed E-state index contributed by atoms with van der Waals surface area (Å²) in [5.74, 6) is 0. The van der Waals surface area contributed by atoms with E-state index >= 15 is 0 Å². The monoisotopic (exact) mass is 255 g/mol. The van der Waals surface area contributed by atoms with Crippen molar-refractivity contribution in [2.75, 3.05) is 13.7 Å². The SMILES string of the molecule is COC1(C(N)CCCC2CCCO2)CCCCC1. The van der Waals surface area contributed by atoms with Gasteiger partial charge in [0.05, 0.1) is 11.7 Å². The lowest BCUT2D eigenvalue weighted by atomic mass is 9.78. The average molecular weight is 255 g/mol. The molecular formula is C15H29NO2. The van der Waals surface area contributed by atoms with Gasteiger partial charge in [0.1, 0.15) is 0 Å². The van der Waals surface area contributed by atoms with E-state index in [0.717, 1.165) is 25.9 Å². The topological polar surface area (TPSA) is 44.5 Å². The quantitative estimate of drug-likeness (QED) is 0.793. The maximum Gasteiger partial charge on any atom is 0.0828 e. The molecule has 2 unspecified atom stereocenters. The molecule has 0 aromatic rings.